The molecular weight excluding hydrogens is 1530 g/mol. The topological polar surface area (TPSA) is 80.3 Å². The van der Waals surface area contributed by atoms with Crippen LogP contribution in [0.25, 0.3) is 171 Å². The molecule has 22 aromatic rings. The van der Waals surface area contributed by atoms with E-state index in [0.717, 1.165) is 138 Å². The van der Waals surface area contributed by atoms with Gasteiger partial charge in [-0.2, -0.15) is 5.26 Å². The van der Waals surface area contributed by atoms with Gasteiger partial charge in [-0.05, 0) is 174 Å². The molecule has 0 radical (unpaired) electrons. The molecule has 0 atom stereocenters. The molecule has 18 aromatic carbocycles. The van der Waals surface area contributed by atoms with Gasteiger partial charge in [0.25, 0.3) is 0 Å². The standard InChI is InChI=1S/C58H35N3S.C57H33N3S/c1-4-16-36(17-5-1)54-43-30-31-48-57(62-52-27-15-14-26-47(52)58(48)45-24-12-10-22-41(45)42-23-11-13-25-46(42)58)53(43)44-34-39(28-32-49(44)59-54)40-29-33-50-51(35-40)61-56(38-20-8-3-9-21-38)55(60-50)37-18-6-2-7-19-37;58-34-35-22-31-52-44(32-35)42-16-6-10-20-51(42)60(52)39-26-23-36(24-27-39)38-25-30-50-45(33-38)54-43(55(59-50)37-12-2-1-3-13-37)28-29-49-56(54)61-53-21-11-9-19-48(53)57(49)46-17-7-4-14-40(46)41-15-5-8-18-47(41)57/h1-35H;1-33H. The molecular formula is C115H68N6S2. The zero-order valence-corrected chi connectivity index (χ0v) is 67.9. The van der Waals surface area contributed by atoms with Crippen LogP contribution in [0.2, 0.25) is 0 Å². The summed E-state index contributed by atoms with van der Waals surface area (Å²) in [5, 5.41) is 18.9. The largest absolute Gasteiger partial charge is 0.309 e. The molecule has 6 nitrogen and oxygen atoms in total. The molecule has 4 aromatic heterocycles. The Balaban J connectivity index is 0.000000135. The Morgan fingerprint density at radius 3 is 1.07 bits per heavy atom. The minimum atomic E-state index is -0.481. The number of benzene rings is 18. The summed E-state index contributed by atoms with van der Waals surface area (Å²) in [5.74, 6) is 0. The van der Waals surface area contributed by atoms with Crippen LogP contribution in [0.1, 0.15) is 50.1 Å². The van der Waals surface area contributed by atoms with Crippen molar-refractivity contribution in [2.24, 2.45) is 0 Å². The third kappa shape index (κ3) is 10.6. The maximum Gasteiger partial charge on any atom is 0.0991 e. The van der Waals surface area contributed by atoms with Crippen LogP contribution in [-0.4, -0.2) is 24.5 Å². The van der Waals surface area contributed by atoms with Crippen LogP contribution in [0.3, 0.4) is 0 Å². The van der Waals surface area contributed by atoms with E-state index < -0.39 is 10.8 Å². The van der Waals surface area contributed by atoms with E-state index in [1.165, 1.54) is 97.1 Å². The predicted molar refractivity (Wildman–Crippen MR) is 506 cm³/mol. The fourth-order valence-electron chi connectivity index (χ4n) is 20.7. The number of hydrogen-bond donors (Lipinski definition) is 0. The summed E-state index contributed by atoms with van der Waals surface area (Å²) >= 11 is 3.80. The lowest BCUT2D eigenvalue weighted by molar-refractivity contribution is 0.726. The SMILES string of the molecule is N#Cc1ccc2c(c1)c1ccccc1n2-c1ccc(-c2ccc3nc(-c4ccccc4)c4ccc5c(c4c3c2)Sc2ccccc2C52c3ccccc3-c3ccccc32)cc1.c1ccc(-c2nc3ccc(-c4ccc5nc(-c6ccccc6)c6ccc7c(c6c5c4)Sc4ccccc4C74c5ccccc5-c5ccccc54)cc3nc2-c2ccccc2)cc1. The highest BCUT2D eigenvalue weighted by molar-refractivity contribution is 8.00. The molecule has 8 heteroatoms. The summed E-state index contributed by atoms with van der Waals surface area (Å²) in [6.07, 6.45) is 0. The molecule has 0 fully saturated rings. The van der Waals surface area contributed by atoms with Gasteiger partial charge in [0.05, 0.1) is 78.3 Å². The van der Waals surface area contributed by atoms with Crippen molar-refractivity contribution >= 4 is 99.7 Å². The van der Waals surface area contributed by atoms with Gasteiger partial charge in [-0.25, -0.2) is 19.9 Å². The first-order valence-electron chi connectivity index (χ1n) is 41.8. The highest BCUT2D eigenvalue weighted by atomic mass is 32.2. The van der Waals surface area contributed by atoms with Crippen molar-refractivity contribution in [3.8, 4) is 101 Å². The normalized spacial score (nSPS) is 13.3. The minimum absolute atomic E-state index is 0.475. The van der Waals surface area contributed by atoms with Crippen molar-refractivity contribution in [2.75, 3.05) is 0 Å². The van der Waals surface area contributed by atoms with E-state index >= 15 is 0 Å². The number of aromatic nitrogens is 5. The Morgan fingerprint density at radius 2 is 0.602 bits per heavy atom. The number of nitriles is 1. The fraction of sp³-hybridized carbons (Fsp3) is 0.0174. The fourth-order valence-corrected chi connectivity index (χ4v) is 23.4. The van der Waals surface area contributed by atoms with Gasteiger partial charge >= 0.3 is 0 Å². The number of hydrogen-bond acceptors (Lipinski definition) is 7. The summed E-state index contributed by atoms with van der Waals surface area (Å²) in [6, 6.07) is 151. The molecule has 0 unspecified atom stereocenters. The van der Waals surface area contributed by atoms with Crippen LogP contribution >= 0.6 is 23.5 Å². The third-order valence-corrected chi connectivity index (χ3v) is 28.4. The molecule has 6 heterocycles. The van der Waals surface area contributed by atoms with Crippen molar-refractivity contribution in [2.45, 2.75) is 30.4 Å². The number of para-hydroxylation sites is 1. The lowest BCUT2D eigenvalue weighted by Crippen LogP contribution is -2.32. The van der Waals surface area contributed by atoms with Crippen LogP contribution in [0.4, 0.5) is 0 Å². The maximum atomic E-state index is 9.68. The molecule has 2 aliphatic heterocycles. The van der Waals surface area contributed by atoms with Crippen LogP contribution in [0.15, 0.2) is 432 Å². The maximum absolute atomic E-state index is 9.68. The molecule has 0 bridgehead atoms. The number of nitrogens with zero attached hydrogens (tertiary/aromatic N) is 6. The van der Waals surface area contributed by atoms with E-state index in [0.29, 0.717) is 5.56 Å². The van der Waals surface area contributed by atoms with Gasteiger partial charge in [0.15, 0.2) is 0 Å². The first-order valence-corrected chi connectivity index (χ1v) is 43.4. The number of fused-ring (bicyclic) bond motifs is 30. The highest BCUT2D eigenvalue weighted by Gasteiger charge is 2.52. The molecule has 2 aliphatic carbocycles. The summed E-state index contributed by atoms with van der Waals surface area (Å²) in [7, 11) is 0. The van der Waals surface area contributed by atoms with Gasteiger partial charge in [-0.3, -0.25) is 0 Å². The smallest absolute Gasteiger partial charge is 0.0991 e. The molecule has 26 rings (SSSR count). The summed E-state index contributed by atoms with van der Waals surface area (Å²) in [5.41, 5.74) is 35.0. The Hall–Kier alpha value is -15.4. The summed E-state index contributed by atoms with van der Waals surface area (Å²) in [6.45, 7) is 0. The van der Waals surface area contributed by atoms with E-state index in [-0.39, 0.29) is 0 Å². The summed E-state index contributed by atoms with van der Waals surface area (Å²) in [4.78, 5) is 26.6. The number of pyridine rings is 2. The average molecular weight is 1600 g/mol. The lowest BCUT2D eigenvalue weighted by atomic mass is 9.67. The molecule has 2 spiro atoms. The second-order valence-electron chi connectivity index (χ2n) is 32.3. The zero-order valence-electron chi connectivity index (χ0n) is 66.3. The molecule has 0 saturated carbocycles. The average Bonchev–Trinajstić information content (AvgIpc) is 1.59. The van der Waals surface area contributed by atoms with Crippen molar-refractivity contribution in [3.05, 3.63) is 463 Å². The molecule has 0 amide bonds. The highest BCUT2D eigenvalue weighted by Crippen LogP contribution is 2.66. The Morgan fingerprint density at radius 1 is 0.236 bits per heavy atom. The van der Waals surface area contributed by atoms with Crippen LogP contribution in [-0.2, 0) is 10.8 Å². The van der Waals surface area contributed by atoms with Crippen molar-refractivity contribution in [3.63, 3.8) is 0 Å². The van der Waals surface area contributed by atoms with Crippen molar-refractivity contribution in [1.82, 2.24) is 24.5 Å². The van der Waals surface area contributed by atoms with E-state index in [1.54, 1.807) is 0 Å². The Bertz CT molecular complexity index is 8170. The van der Waals surface area contributed by atoms with Crippen LogP contribution < -0.4 is 0 Å². The molecule has 0 saturated heterocycles. The van der Waals surface area contributed by atoms with Gasteiger partial charge in [0.2, 0.25) is 0 Å². The van der Waals surface area contributed by atoms with Gasteiger partial charge < -0.3 is 4.57 Å². The monoisotopic (exact) mass is 1600 g/mol. The summed E-state index contributed by atoms with van der Waals surface area (Å²) < 4.78 is 2.30. The molecule has 4 aliphatic rings. The Labute approximate surface area is 718 Å². The molecule has 123 heavy (non-hydrogen) atoms. The van der Waals surface area contributed by atoms with Crippen molar-refractivity contribution < 1.29 is 0 Å². The van der Waals surface area contributed by atoms with Gasteiger partial charge in [-0.15, -0.1) is 0 Å². The lowest BCUT2D eigenvalue weighted by Gasteiger charge is -2.40. The second-order valence-corrected chi connectivity index (χ2v) is 34.4. The van der Waals surface area contributed by atoms with Crippen molar-refractivity contribution in [1.29, 1.82) is 5.26 Å². The zero-order chi connectivity index (χ0) is 81.0. The van der Waals surface area contributed by atoms with Gasteiger partial charge in [0.1, 0.15) is 0 Å². The predicted octanol–water partition coefficient (Wildman–Crippen LogP) is 29.3. The van der Waals surface area contributed by atoms with E-state index in [1.807, 2.05) is 47.8 Å². The Kier molecular flexibility index (Phi) is 16.0. The van der Waals surface area contributed by atoms with E-state index in [4.69, 9.17) is 19.9 Å². The molecule has 570 valence electrons. The third-order valence-electron chi connectivity index (χ3n) is 26.0. The van der Waals surface area contributed by atoms with E-state index in [2.05, 4.69) is 399 Å². The first kappa shape index (κ1) is 70.6. The second kappa shape index (κ2) is 27.9. The quantitative estimate of drug-likeness (QED) is 0.147. The van der Waals surface area contributed by atoms with Crippen LogP contribution in [0.5, 0.6) is 0 Å². The van der Waals surface area contributed by atoms with Gasteiger partial charge in [-0.1, -0.05) is 351 Å². The molecule has 0 N–H and O–H groups in total. The first-order chi connectivity index (χ1) is 60.9. The van der Waals surface area contributed by atoms with Gasteiger partial charge in [0, 0.05) is 90.6 Å². The number of rotatable bonds is 7. The van der Waals surface area contributed by atoms with E-state index in [9.17, 15) is 5.26 Å². The van der Waals surface area contributed by atoms with Crippen LogP contribution in [0, 0.1) is 11.3 Å². The minimum Gasteiger partial charge on any atom is -0.309 e.